The Kier molecular flexibility index (Phi) is 3.98. The van der Waals surface area contributed by atoms with Crippen molar-refractivity contribution in [1.82, 2.24) is 10.3 Å². The summed E-state index contributed by atoms with van der Waals surface area (Å²) in [6.07, 6.45) is 0.754. The van der Waals surface area contributed by atoms with Gasteiger partial charge in [0.2, 0.25) is 0 Å². The summed E-state index contributed by atoms with van der Waals surface area (Å²) in [7, 11) is 1.78. The number of thiocarbonyl (C=S) groups is 1. The van der Waals surface area contributed by atoms with Crippen LogP contribution in [0, 0.1) is 5.82 Å². The Balaban J connectivity index is 1.93. The van der Waals surface area contributed by atoms with Crippen molar-refractivity contribution in [1.29, 1.82) is 0 Å². The molecule has 108 valence electrons. The lowest BCUT2D eigenvalue weighted by Gasteiger charge is -2.23. The SMILES string of the molecule is CNC(=S)N1N=C(c2ccsc2)C[C@H]1c1ccc(F)cc1. The third kappa shape index (κ3) is 2.82. The van der Waals surface area contributed by atoms with Crippen LogP contribution in [0.25, 0.3) is 0 Å². The van der Waals surface area contributed by atoms with E-state index in [0.717, 1.165) is 23.3 Å². The maximum absolute atomic E-state index is 13.1. The second-order valence-corrected chi connectivity index (χ2v) is 5.90. The van der Waals surface area contributed by atoms with Crippen LogP contribution in [0.5, 0.6) is 0 Å². The van der Waals surface area contributed by atoms with E-state index < -0.39 is 0 Å². The van der Waals surface area contributed by atoms with Gasteiger partial charge in [0, 0.05) is 19.0 Å². The van der Waals surface area contributed by atoms with Gasteiger partial charge in [-0.05, 0) is 46.7 Å². The number of hydrogen-bond donors (Lipinski definition) is 1. The van der Waals surface area contributed by atoms with E-state index in [9.17, 15) is 4.39 Å². The monoisotopic (exact) mass is 319 g/mol. The largest absolute Gasteiger partial charge is 0.364 e. The molecule has 1 aliphatic heterocycles. The molecule has 0 spiro atoms. The summed E-state index contributed by atoms with van der Waals surface area (Å²) in [5, 5.41) is 14.1. The van der Waals surface area contributed by atoms with E-state index in [4.69, 9.17) is 12.2 Å². The van der Waals surface area contributed by atoms with Gasteiger partial charge in [-0.15, -0.1) is 0 Å². The minimum atomic E-state index is -0.238. The van der Waals surface area contributed by atoms with Gasteiger partial charge in [0.05, 0.1) is 11.8 Å². The van der Waals surface area contributed by atoms with Crippen molar-refractivity contribution < 1.29 is 4.39 Å². The lowest BCUT2D eigenvalue weighted by Crippen LogP contribution is -2.34. The molecule has 2 heterocycles. The highest BCUT2D eigenvalue weighted by Crippen LogP contribution is 2.33. The summed E-state index contributed by atoms with van der Waals surface area (Å²) in [4.78, 5) is 0. The molecule has 0 saturated heterocycles. The molecule has 1 aromatic carbocycles. The zero-order chi connectivity index (χ0) is 14.8. The molecule has 3 nitrogen and oxygen atoms in total. The van der Waals surface area contributed by atoms with Crippen LogP contribution in [-0.2, 0) is 0 Å². The van der Waals surface area contributed by atoms with E-state index in [1.165, 1.54) is 12.1 Å². The Labute approximate surface area is 132 Å². The molecule has 6 heteroatoms. The van der Waals surface area contributed by atoms with Gasteiger partial charge in [-0.25, -0.2) is 9.40 Å². The molecule has 1 aromatic heterocycles. The lowest BCUT2D eigenvalue weighted by atomic mass is 10.00. The lowest BCUT2D eigenvalue weighted by molar-refractivity contribution is 0.366. The van der Waals surface area contributed by atoms with Crippen LogP contribution in [-0.4, -0.2) is 22.9 Å². The molecule has 0 saturated carbocycles. The number of nitrogens with one attached hydrogen (secondary N) is 1. The number of rotatable bonds is 2. The predicted molar refractivity (Wildman–Crippen MR) is 88.1 cm³/mol. The minimum absolute atomic E-state index is 0.000417. The molecule has 1 atom stereocenters. The molecular weight excluding hydrogens is 305 g/mol. The van der Waals surface area contributed by atoms with Crippen LogP contribution >= 0.6 is 23.6 Å². The molecule has 2 aromatic rings. The van der Waals surface area contributed by atoms with Crippen LogP contribution in [0.2, 0.25) is 0 Å². The van der Waals surface area contributed by atoms with Gasteiger partial charge in [0.25, 0.3) is 0 Å². The topological polar surface area (TPSA) is 27.6 Å². The van der Waals surface area contributed by atoms with Crippen molar-refractivity contribution in [2.75, 3.05) is 7.05 Å². The first kappa shape index (κ1) is 14.2. The maximum Gasteiger partial charge on any atom is 0.189 e. The molecule has 21 heavy (non-hydrogen) atoms. The van der Waals surface area contributed by atoms with Crippen LogP contribution < -0.4 is 5.32 Å². The van der Waals surface area contributed by atoms with E-state index in [1.54, 1.807) is 35.5 Å². The Morgan fingerprint density at radius 1 is 1.38 bits per heavy atom. The van der Waals surface area contributed by atoms with E-state index in [-0.39, 0.29) is 11.9 Å². The fourth-order valence-corrected chi connectivity index (χ4v) is 3.19. The average Bonchev–Trinajstić information content (AvgIpc) is 3.16. The van der Waals surface area contributed by atoms with Gasteiger partial charge in [0.15, 0.2) is 5.11 Å². The second-order valence-electron chi connectivity index (χ2n) is 4.73. The first-order valence-corrected chi connectivity index (χ1v) is 7.90. The van der Waals surface area contributed by atoms with E-state index in [0.29, 0.717) is 5.11 Å². The summed E-state index contributed by atoms with van der Waals surface area (Å²) in [5.74, 6) is -0.238. The van der Waals surface area contributed by atoms with E-state index in [2.05, 4.69) is 21.9 Å². The molecule has 0 amide bonds. The molecule has 0 unspecified atom stereocenters. The van der Waals surface area contributed by atoms with Crippen LogP contribution in [0.4, 0.5) is 4.39 Å². The highest BCUT2D eigenvalue weighted by atomic mass is 32.1. The van der Waals surface area contributed by atoms with Gasteiger partial charge < -0.3 is 5.32 Å². The molecule has 0 bridgehead atoms. The molecule has 3 rings (SSSR count). The number of thiophene rings is 1. The van der Waals surface area contributed by atoms with Crippen molar-refractivity contribution >= 4 is 34.4 Å². The summed E-state index contributed by atoms with van der Waals surface area (Å²) < 4.78 is 13.1. The molecular formula is C15H14FN3S2. The average molecular weight is 319 g/mol. The Hall–Kier alpha value is -1.79. The van der Waals surface area contributed by atoms with E-state index in [1.807, 2.05) is 5.38 Å². The summed E-state index contributed by atoms with van der Waals surface area (Å²) in [6.45, 7) is 0. The maximum atomic E-state index is 13.1. The third-order valence-corrected chi connectivity index (χ3v) is 4.52. The number of hydrogen-bond acceptors (Lipinski definition) is 3. The van der Waals surface area contributed by atoms with Gasteiger partial charge >= 0.3 is 0 Å². The first-order chi connectivity index (χ1) is 10.2. The molecule has 1 N–H and O–H groups in total. The second kappa shape index (κ2) is 5.91. The Bertz CT molecular complexity index is 665. The van der Waals surface area contributed by atoms with Crippen LogP contribution in [0.3, 0.4) is 0 Å². The molecule has 1 aliphatic rings. The van der Waals surface area contributed by atoms with E-state index >= 15 is 0 Å². The zero-order valence-electron chi connectivity index (χ0n) is 11.4. The van der Waals surface area contributed by atoms with Crippen molar-refractivity contribution in [2.24, 2.45) is 5.10 Å². The molecule has 0 radical (unpaired) electrons. The van der Waals surface area contributed by atoms with Gasteiger partial charge in [-0.1, -0.05) is 12.1 Å². The highest BCUT2D eigenvalue weighted by Gasteiger charge is 2.31. The van der Waals surface area contributed by atoms with Gasteiger partial charge in [0.1, 0.15) is 5.82 Å². The number of benzene rings is 1. The fraction of sp³-hybridized carbons (Fsp3) is 0.200. The quantitative estimate of drug-likeness (QED) is 0.858. The highest BCUT2D eigenvalue weighted by molar-refractivity contribution is 7.80. The van der Waals surface area contributed by atoms with Gasteiger partial charge in [-0.2, -0.15) is 16.4 Å². The number of nitrogens with zero attached hydrogens (tertiary/aromatic N) is 2. The molecule has 0 fully saturated rings. The Morgan fingerprint density at radius 2 is 2.14 bits per heavy atom. The van der Waals surface area contributed by atoms with Crippen LogP contribution in [0.15, 0.2) is 46.2 Å². The predicted octanol–water partition coefficient (Wildman–Crippen LogP) is 3.54. The third-order valence-electron chi connectivity index (χ3n) is 3.44. The molecule has 0 aliphatic carbocycles. The fourth-order valence-electron chi connectivity index (χ4n) is 2.36. The van der Waals surface area contributed by atoms with Crippen molar-refractivity contribution in [3.8, 4) is 0 Å². The number of halogens is 1. The van der Waals surface area contributed by atoms with Crippen LogP contribution in [0.1, 0.15) is 23.6 Å². The minimum Gasteiger partial charge on any atom is -0.364 e. The van der Waals surface area contributed by atoms with Gasteiger partial charge in [-0.3, -0.25) is 0 Å². The standard InChI is InChI=1S/C15H14FN3S2/c1-17-15(20)19-14(10-2-4-12(16)5-3-10)8-13(18-19)11-6-7-21-9-11/h2-7,9,14H,8H2,1H3,(H,17,20)/t14-/m0/s1. The number of hydrazone groups is 1. The summed E-state index contributed by atoms with van der Waals surface area (Å²) in [5.41, 5.74) is 3.12. The Morgan fingerprint density at radius 3 is 2.76 bits per heavy atom. The van der Waals surface area contributed by atoms with Crippen molar-refractivity contribution in [3.63, 3.8) is 0 Å². The smallest absolute Gasteiger partial charge is 0.189 e. The summed E-state index contributed by atoms with van der Waals surface area (Å²) >= 11 is 6.98. The van der Waals surface area contributed by atoms with Crippen molar-refractivity contribution in [2.45, 2.75) is 12.5 Å². The normalized spacial score (nSPS) is 17.7. The zero-order valence-corrected chi connectivity index (χ0v) is 13.0. The first-order valence-electron chi connectivity index (χ1n) is 6.55. The summed E-state index contributed by atoms with van der Waals surface area (Å²) in [6, 6.07) is 8.57. The van der Waals surface area contributed by atoms with Crippen molar-refractivity contribution in [3.05, 3.63) is 58.0 Å².